The maximum absolute atomic E-state index is 5.97. The molecule has 17 heavy (non-hydrogen) atoms. The smallest absolute Gasteiger partial charge is 0.0629 e. The third-order valence-corrected chi connectivity index (χ3v) is 3.71. The zero-order valence-corrected chi connectivity index (χ0v) is 12.4. The van der Waals surface area contributed by atoms with Crippen LogP contribution < -0.4 is 5.32 Å². The van der Waals surface area contributed by atoms with E-state index in [4.69, 9.17) is 4.74 Å². The zero-order chi connectivity index (χ0) is 12.9. The lowest BCUT2D eigenvalue weighted by atomic mass is 9.78. The van der Waals surface area contributed by atoms with E-state index in [0.717, 1.165) is 25.0 Å². The zero-order valence-electron chi connectivity index (χ0n) is 12.4. The number of hydrogen-bond donors (Lipinski definition) is 1. The van der Waals surface area contributed by atoms with Crippen LogP contribution in [0.15, 0.2) is 0 Å². The molecular weight excluding hydrogens is 210 g/mol. The predicted molar refractivity (Wildman–Crippen MR) is 74.3 cm³/mol. The molecule has 102 valence electrons. The van der Waals surface area contributed by atoms with Crippen LogP contribution >= 0.6 is 0 Å². The highest BCUT2D eigenvalue weighted by Crippen LogP contribution is 2.31. The Morgan fingerprint density at radius 2 is 2.00 bits per heavy atom. The molecule has 0 radical (unpaired) electrons. The van der Waals surface area contributed by atoms with Crippen LogP contribution in [0.4, 0.5) is 0 Å². The van der Waals surface area contributed by atoms with Crippen LogP contribution in [0.2, 0.25) is 0 Å². The molecule has 2 nitrogen and oxygen atoms in total. The van der Waals surface area contributed by atoms with E-state index in [1.165, 1.54) is 25.7 Å². The molecule has 0 heterocycles. The molecule has 1 fully saturated rings. The van der Waals surface area contributed by atoms with Gasteiger partial charge in [-0.25, -0.2) is 0 Å². The normalized spacial score (nSPS) is 28.1. The molecule has 0 spiro atoms. The van der Waals surface area contributed by atoms with E-state index in [-0.39, 0.29) is 5.60 Å². The fourth-order valence-corrected chi connectivity index (χ4v) is 2.81. The number of hydrogen-bond acceptors (Lipinski definition) is 2. The van der Waals surface area contributed by atoms with E-state index in [9.17, 15) is 0 Å². The van der Waals surface area contributed by atoms with E-state index < -0.39 is 0 Å². The summed E-state index contributed by atoms with van der Waals surface area (Å²) in [6.07, 6.45) is 5.54. The molecule has 1 rings (SSSR count). The minimum atomic E-state index is -0.0199. The minimum Gasteiger partial charge on any atom is -0.374 e. The van der Waals surface area contributed by atoms with Gasteiger partial charge in [0.1, 0.15) is 0 Å². The molecule has 3 unspecified atom stereocenters. The van der Waals surface area contributed by atoms with Crippen molar-refractivity contribution in [3.8, 4) is 0 Å². The number of ether oxygens (including phenoxy) is 1. The van der Waals surface area contributed by atoms with Gasteiger partial charge in [0.05, 0.1) is 12.2 Å². The van der Waals surface area contributed by atoms with Gasteiger partial charge in [0, 0.05) is 6.04 Å². The van der Waals surface area contributed by atoms with Crippen LogP contribution in [0.25, 0.3) is 0 Å². The molecule has 0 aromatic heterocycles. The van der Waals surface area contributed by atoms with Crippen molar-refractivity contribution in [1.82, 2.24) is 5.32 Å². The van der Waals surface area contributed by atoms with Crippen LogP contribution in [0.3, 0.4) is 0 Å². The van der Waals surface area contributed by atoms with Crippen molar-refractivity contribution in [1.29, 1.82) is 0 Å². The molecule has 0 saturated heterocycles. The lowest BCUT2D eigenvalue weighted by Crippen LogP contribution is -2.43. The minimum absolute atomic E-state index is 0.0199. The van der Waals surface area contributed by atoms with Crippen molar-refractivity contribution < 1.29 is 4.74 Å². The fourth-order valence-electron chi connectivity index (χ4n) is 2.81. The van der Waals surface area contributed by atoms with E-state index in [1.54, 1.807) is 0 Å². The monoisotopic (exact) mass is 241 g/mol. The van der Waals surface area contributed by atoms with Crippen LogP contribution in [0.1, 0.15) is 60.3 Å². The summed E-state index contributed by atoms with van der Waals surface area (Å²) >= 11 is 0. The Kier molecular flexibility index (Phi) is 5.94. The maximum Gasteiger partial charge on any atom is 0.0629 e. The molecule has 0 amide bonds. The Morgan fingerprint density at radius 3 is 2.53 bits per heavy atom. The average Bonchev–Trinajstić information content (AvgIpc) is 2.23. The summed E-state index contributed by atoms with van der Waals surface area (Å²) < 4.78 is 5.97. The first-order chi connectivity index (χ1) is 7.92. The molecule has 1 saturated carbocycles. The first-order valence-electron chi connectivity index (χ1n) is 7.29. The van der Waals surface area contributed by atoms with Crippen LogP contribution in [-0.4, -0.2) is 24.8 Å². The highest BCUT2D eigenvalue weighted by Gasteiger charge is 2.27. The van der Waals surface area contributed by atoms with Gasteiger partial charge in [-0.2, -0.15) is 0 Å². The molecule has 1 aliphatic carbocycles. The first-order valence-corrected chi connectivity index (χ1v) is 7.29. The van der Waals surface area contributed by atoms with Crippen molar-refractivity contribution in [2.24, 2.45) is 11.8 Å². The number of rotatable bonds is 5. The third-order valence-electron chi connectivity index (χ3n) is 3.71. The van der Waals surface area contributed by atoms with E-state index >= 15 is 0 Å². The van der Waals surface area contributed by atoms with Crippen molar-refractivity contribution in [3.05, 3.63) is 0 Å². The molecule has 1 N–H and O–H groups in total. The maximum atomic E-state index is 5.97. The Bertz CT molecular complexity index is 209. The summed E-state index contributed by atoms with van der Waals surface area (Å²) in [7, 11) is 0. The molecule has 3 atom stereocenters. The van der Waals surface area contributed by atoms with Gasteiger partial charge < -0.3 is 10.1 Å². The van der Waals surface area contributed by atoms with Gasteiger partial charge in [-0.15, -0.1) is 0 Å². The summed E-state index contributed by atoms with van der Waals surface area (Å²) in [5, 5.41) is 3.62. The predicted octanol–water partition coefficient (Wildman–Crippen LogP) is 3.61. The van der Waals surface area contributed by atoms with Gasteiger partial charge in [0.15, 0.2) is 0 Å². The Hall–Kier alpha value is -0.0800. The van der Waals surface area contributed by atoms with Gasteiger partial charge in [0.25, 0.3) is 0 Å². The molecule has 0 aromatic rings. The number of nitrogens with one attached hydrogen (secondary N) is 1. The molecular formula is C15H31NO. The summed E-state index contributed by atoms with van der Waals surface area (Å²) in [6.45, 7) is 12.9. The van der Waals surface area contributed by atoms with Gasteiger partial charge in [-0.3, -0.25) is 0 Å². The first kappa shape index (κ1) is 15.0. The summed E-state index contributed by atoms with van der Waals surface area (Å²) in [5.41, 5.74) is -0.0199. The summed E-state index contributed by atoms with van der Waals surface area (Å²) in [6, 6.07) is 0.543. The van der Waals surface area contributed by atoms with E-state index in [0.29, 0.717) is 6.04 Å². The summed E-state index contributed by atoms with van der Waals surface area (Å²) in [5.74, 6) is 1.70. The standard InChI is InChI=1S/C15H31NO/c1-6-16-14(11-17-15(3,4)5)13-9-7-8-12(2)10-13/h12-14,16H,6-11H2,1-5H3. The Balaban J connectivity index is 2.46. The van der Waals surface area contributed by atoms with Crippen molar-refractivity contribution in [3.63, 3.8) is 0 Å². The topological polar surface area (TPSA) is 21.3 Å². The fraction of sp³-hybridized carbons (Fsp3) is 1.00. The molecule has 0 bridgehead atoms. The Labute approximate surface area is 108 Å². The second kappa shape index (κ2) is 6.75. The molecule has 0 aliphatic heterocycles. The van der Waals surface area contributed by atoms with Crippen molar-refractivity contribution >= 4 is 0 Å². The van der Waals surface area contributed by atoms with Gasteiger partial charge in [-0.05, 0) is 52.0 Å². The third kappa shape index (κ3) is 5.87. The number of likely N-dealkylation sites (N-methyl/N-ethyl adjacent to an activating group) is 1. The van der Waals surface area contributed by atoms with Crippen LogP contribution in [0.5, 0.6) is 0 Å². The molecule has 1 aliphatic rings. The second-order valence-electron chi connectivity index (χ2n) is 6.62. The lowest BCUT2D eigenvalue weighted by Gasteiger charge is -2.35. The van der Waals surface area contributed by atoms with Gasteiger partial charge >= 0.3 is 0 Å². The molecule has 0 aromatic carbocycles. The highest BCUT2D eigenvalue weighted by molar-refractivity contribution is 4.82. The highest BCUT2D eigenvalue weighted by atomic mass is 16.5. The van der Waals surface area contributed by atoms with Gasteiger partial charge in [-0.1, -0.05) is 26.7 Å². The SMILES string of the molecule is CCNC(COC(C)(C)C)C1CCCC(C)C1. The largest absolute Gasteiger partial charge is 0.374 e. The lowest BCUT2D eigenvalue weighted by molar-refractivity contribution is -0.0258. The summed E-state index contributed by atoms with van der Waals surface area (Å²) in [4.78, 5) is 0. The van der Waals surface area contributed by atoms with E-state index in [1.807, 2.05) is 0 Å². The van der Waals surface area contributed by atoms with E-state index in [2.05, 4.69) is 39.9 Å². The van der Waals surface area contributed by atoms with Crippen LogP contribution in [0, 0.1) is 11.8 Å². The van der Waals surface area contributed by atoms with Crippen molar-refractivity contribution in [2.45, 2.75) is 71.9 Å². The quantitative estimate of drug-likeness (QED) is 0.794. The Morgan fingerprint density at radius 1 is 1.29 bits per heavy atom. The molecule has 2 heteroatoms. The average molecular weight is 241 g/mol. The second-order valence-corrected chi connectivity index (χ2v) is 6.62. The van der Waals surface area contributed by atoms with Crippen LogP contribution in [-0.2, 0) is 4.74 Å². The van der Waals surface area contributed by atoms with Gasteiger partial charge in [0.2, 0.25) is 0 Å². The van der Waals surface area contributed by atoms with Crippen molar-refractivity contribution in [2.75, 3.05) is 13.2 Å².